The second-order valence-electron chi connectivity index (χ2n) is 6.19. The highest BCUT2D eigenvalue weighted by atomic mass is 32.2. The Balaban J connectivity index is 1.80. The molecule has 1 fully saturated rings. The lowest BCUT2D eigenvalue weighted by Crippen LogP contribution is -2.50. The number of ether oxygens (including phenoxy) is 1. The van der Waals surface area contributed by atoms with Gasteiger partial charge in [0.15, 0.2) is 0 Å². The maximum absolute atomic E-state index is 12.9. The summed E-state index contributed by atoms with van der Waals surface area (Å²) in [7, 11) is -1.54. The minimum absolute atomic E-state index is 0.0526. The summed E-state index contributed by atoms with van der Waals surface area (Å²) in [4.78, 5) is 14.6. The Morgan fingerprint density at radius 3 is 2.52 bits per heavy atom. The molecule has 1 amide bonds. The number of piperazine rings is 1. The van der Waals surface area contributed by atoms with Crippen LogP contribution in [0.15, 0.2) is 30.5 Å². The molecule has 1 aliphatic heterocycles. The lowest BCUT2D eigenvalue weighted by molar-refractivity contribution is 0.0700. The van der Waals surface area contributed by atoms with E-state index in [0.717, 1.165) is 17.4 Å². The second kappa shape index (κ2) is 7.15. The molecule has 25 heavy (non-hydrogen) atoms. The molecule has 0 saturated carbocycles. The molecule has 1 aromatic heterocycles. The van der Waals surface area contributed by atoms with Crippen molar-refractivity contribution in [3.05, 3.63) is 36.0 Å². The monoisotopic (exact) mass is 365 g/mol. The molecule has 1 aromatic carbocycles. The van der Waals surface area contributed by atoms with Crippen LogP contribution < -0.4 is 0 Å². The smallest absolute Gasteiger partial charge is 0.254 e. The summed E-state index contributed by atoms with van der Waals surface area (Å²) in [6.07, 6.45) is 3.16. The summed E-state index contributed by atoms with van der Waals surface area (Å²) in [5.41, 5.74) is 1.65. The normalized spacial score (nSPS) is 16.5. The number of hydrogen-bond donors (Lipinski definition) is 0. The van der Waals surface area contributed by atoms with Crippen molar-refractivity contribution >= 4 is 26.8 Å². The molecule has 0 radical (unpaired) electrons. The van der Waals surface area contributed by atoms with Crippen LogP contribution in [-0.2, 0) is 21.3 Å². The molecule has 2 heterocycles. The molecule has 0 N–H and O–H groups in total. The van der Waals surface area contributed by atoms with Gasteiger partial charge in [-0.25, -0.2) is 8.42 Å². The van der Waals surface area contributed by atoms with Gasteiger partial charge in [0.25, 0.3) is 5.91 Å². The SMILES string of the molecule is COCCn1ccc2c(C(=O)N3CCN(S(C)(=O)=O)CC3)cccc21. The van der Waals surface area contributed by atoms with E-state index >= 15 is 0 Å². The van der Waals surface area contributed by atoms with Gasteiger partial charge in [0.2, 0.25) is 10.0 Å². The van der Waals surface area contributed by atoms with E-state index < -0.39 is 10.0 Å². The van der Waals surface area contributed by atoms with Crippen molar-refractivity contribution in [2.75, 3.05) is 46.2 Å². The highest BCUT2D eigenvalue weighted by Crippen LogP contribution is 2.22. The second-order valence-corrected chi connectivity index (χ2v) is 8.18. The Bertz CT molecular complexity index is 867. The Labute approximate surface area is 147 Å². The summed E-state index contributed by atoms with van der Waals surface area (Å²) in [6, 6.07) is 7.65. The average Bonchev–Trinajstić information content (AvgIpc) is 3.02. The van der Waals surface area contributed by atoms with Crippen molar-refractivity contribution in [1.82, 2.24) is 13.8 Å². The first-order valence-corrected chi connectivity index (χ1v) is 10.1. The predicted octanol–water partition coefficient (Wildman–Crippen LogP) is 1.01. The highest BCUT2D eigenvalue weighted by molar-refractivity contribution is 7.88. The summed E-state index contributed by atoms with van der Waals surface area (Å²) < 4.78 is 31.8. The molecule has 2 aromatic rings. The zero-order chi connectivity index (χ0) is 18.0. The lowest BCUT2D eigenvalue weighted by atomic mass is 10.1. The van der Waals surface area contributed by atoms with E-state index in [-0.39, 0.29) is 5.91 Å². The molecule has 0 atom stereocenters. The molecule has 3 rings (SSSR count). The van der Waals surface area contributed by atoms with Crippen LogP contribution in [0.4, 0.5) is 0 Å². The van der Waals surface area contributed by atoms with Gasteiger partial charge in [0.1, 0.15) is 0 Å². The van der Waals surface area contributed by atoms with Crippen LogP contribution in [-0.4, -0.2) is 74.2 Å². The molecule has 1 saturated heterocycles. The fourth-order valence-electron chi connectivity index (χ4n) is 3.19. The van der Waals surface area contributed by atoms with Crippen LogP contribution in [0.3, 0.4) is 0 Å². The predicted molar refractivity (Wildman–Crippen MR) is 96.1 cm³/mol. The molecule has 0 unspecified atom stereocenters. The summed E-state index contributed by atoms with van der Waals surface area (Å²) in [5, 5.41) is 0.911. The summed E-state index contributed by atoms with van der Waals surface area (Å²) >= 11 is 0. The maximum Gasteiger partial charge on any atom is 0.254 e. The first-order valence-electron chi connectivity index (χ1n) is 8.23. The van der Waals surface area contributed by atoms with E-state index in [1.165, 1.54) is 10.6 Å². The Morgan fingerprint density at radius 2 is 1.88 bits per heavy atom. The van der Waals surface area contributed by atoms with Crippen LogP contribution in [0, 0.1) is 0 Å². The summed E-state index contributed by atoms with van der Waals surface area (Å²) in [5.74, 6) is -0.0526. The van der Waals surface area contributed by atoms with Gasteiger partial charge in [-0.15, -0.1) is 0 Å². The number of rotatable bonds is 5. The molecule has 1 aliphatic rings. The summed E-state index contributed by atoms with van der Waals surface area (Å²) in [6.45, 7) is 2.84. The molecule has 0 bridgehead atoms. The van der Waals surface area contributed by atoms with E-state index in [1.54, 1.807) is 12.0 Å². The van der Waals surface area contributed by atoms with Gasteiger partial charge in [-0.2, -0.15) is 4.31 Å². The molecule has 8 heteroatoms. The molecular formula is C17H23N3O4S. The number of nitrogens with zero attached hydrogens (tertiary/aromatic N) is 3. The van der Waals surface area contributed by atoms with Gasteiger partial charge in [-0.1, -0.05) is 6.07 Å². The quantitative estimate of drug-likeness (QED) is 0.793. The number of carbonyl (C=O) groups is 1. The number of fused-ring (bicyclic) bond motifs is 1. The van der Waals surface area contributed by atoms with Crippen LogP contribution in [0.2, 0.25) is 0 Å². The third kappa shape index (κ3) is 3.70. The van der Waals surface area contributed by atoms with E-state index in [2.05, 4.69) is 4.57 Å². The maximum atomic E-state index is 12.9. The topological polar surface area (TPSA) is 71.8 Å². The van der Waals surface area contributed by atoms with Gasteiger partial charge < -0.3 is 14.2 Å². The number of sulfonamides is 1. The molecule has 136 valence electrons. The van der Waals surface area contributed by atoms with Crippen LogP contribution in [0.25, 0.3) is 10.9 Å². The van der Waals surface area contributed by atoms with Crippen molar-refractivity contribution < 1.29 is 17.9 Å². The number of amides is 1. The Kier molecular flexibility index (Phi) is 5.12. The van der Waals surface area contributed by atoms with Crippen molar-refractivity contribution in [1.29, 1.82) is 0 Å². The van der Waals surface area contributed by atoms with Gasteiger partial charge in [-0.05, 0) is 18.2 Å². The van der Waals surface area contributed by atoms with Crippen molar-refractivity contribution in [3.63, 3.8) is 0 Å². The number of aromatic nitrogens is 1. The van der Waals surface area contributed by atoms with Gasteiger partial charge in [0.05, 0.1) is 12.9 Å². The van der Waals surface area contributed by atoms with Gasteiger partial charge in [-0.3, -0.25) is 4.79 Å². The zero-order valence-electron chi connectivity index (χ0n) is 14.5. The first-order chi connectivity index (χ1) is 11.9. The number of hydrogen-bond acceptors (Lipinski definition) is 4. The molecule has 0 spiro atoms. The van der Waals surface area contributed by atoms with E-state index in [1.807, 2.05) is 30.5 Å². The van der Waals surface area contributed by atoms with E-state index in [0.29, 0.717) is 38.3 Å². The van der Waals surface area contributed by atoms with Crippen molar-refractivity contribution in [2.45, 2.75) is 6.54 Å². The van der Waals surface area contributed by atoms with Gasteiger partial charge in [0, 0.05) is 62.5 Å². The third-order valence-electron chi connectivity index (χ3n) is 4.58. The average molecular weight is 365 g/mol. The third-order valence-corrected chi connectivity index (χ3v) is 5.88. The fraction of sp³-hybridized carbons (Fsp3) is 0.471. The Hall–Kier alpha value is -1.90. The number of methoxy groups -OCH3 is 1. The minimum atomic E-state index is -3.20. The number of carbonyl (C=O) groups excluding carboxylic acids is 1. The van der Waals surface area contributed by atoms with Crippen molar-refractivity contribution in [2.24, 2.45) is 0 Å². The molecule has 7 nitrogen and oxygen atoms in total. The minimum Gasteiger partial charge on any atom is -0.383 e. The number of benzene rings is 1. The molecular weight excluding hydrogens is 342 g/mol. The largest absolute Gasteiger partial charge is 0.383 e. The van der Waals surface area contributed by atoms with Crippen LogP contribution >= 0.6 is 0 Å². The fourth-order valence-corrected chi connectivity index (χ4v) is 4.01. The van der Waals surface area contributed by atoms with Crippen molar-refractivity contribution in [3.8, 4) is 0 Å². The van der Waals surface area contributed by atoms with E-state index in [4.69, 9.17) is 4.74 Å². The molecule has 0 aliphatic carbocycles. The Morgan fingerprint density at radius 1 is 1.16 bits per heavy atom. The van der Waals surface area contributed by atoms with Crippen LogP contribution in [0.5, 0.6) is 0 Å². The van der Waals surface area contributed by atoms with Gasteiger partial charge >= 0.3 is 0 Å². The van der Waals surface area contributed by atoms with E-state index in [9.17, 15) is 13.2 Å². The highest BCUT2D eigenvalue weighted by Gasteiger charge is 2.27. The first kappa shape index (κ1) is 17.9. The van der Waals surface area contributed by atoms with Crippen LogP contribution in [0.1, 0.15) is 10.4 Å². The zero-order valence-corrected chi connectivity index (χ0v) is 15.3. The lowest BCUT2D eigenvalue weighted by Gasteiger charge is -2.33. The standard InChI is InChI=1S/C17H23N3O4S/c1-24-13-12-18-7-6-14-15(4-3-5-16(14)18)17(21)19-8-10-20(11-9-19)25(2,22)23/h3-7H,8-13H2,1-2H3.